The van der Waals surface area contributed by atoms with Gasteiger partial charge in [0.1, 0.15) is 6.54 Å². The molecule has 23 heavy (non-hydrogen) atoms. The fraction of sp³-hybridized carbons (Fsp3) is 0.385. The molecule has 1 amide bonds. The van der Waals surface area contributed by atoms with Crippen LogP contribution in [0.2, 0.25) is 10.0 Å². The fourth-order valence-corrected chi connectivity index (χ4v) is 2.93. The lowest BCUT2D eigenvalue weighted by Gasteiger charge is -2.08. The maximum absolute atomic E-state index is 12.0. The minimum absolute atomic E-state index is 0.0777. The van der Waals surface area contributed by atoms with Crippen molar-refractivity contribution >= 4 is 45.1 Å². The van der Waals surface area contributed by atoms with E-state index in [1.807, 2.05) is 0 Å². The maximum Gasteiger partial charge on any atom is 0.321 e. The van der Waals surface area contributed by atoms with Crippen LogP contribution in [0.5, 0.6) is 0 Å². The number of halogens is 2. The maximum atomic E-state index is 12.0. The quantitative estimate of drug-likeness (QED) is 0.689. The standard InChI is InChI=1S/C13H14Cl2N2O5S/c14-10-4-3-9(5-11(10)15)23(20,21)16-6-13(19)22-7-12(18)17-8-1-2-8/h3-5,8,16H,1-2,6-7H2,(H,17,18). The number of nitrogens with one attached hydrogen (secondary N) is 2. The molecule has 0 heterocycles. The minimum Gasteiger partial charge on any atom is -0.455 e. The van der Waals surface area contributed by atoms with Crippen LogP contribution in [0.3, 0.4) is 0 Å². The summed E-state index contributed by atoms with van der Waals surface area (Å²) in [6, 6.07) is 3.92. The number of benzene rings is 1. The number of amides is 1. The molecule has 0 atom stereocenters. The van der Waals surface area contributed by atoms with Crippen molar-refractivity contribution < 1.29 is 22.7 Å². The predicted octanol–water partition coefficient (Wildman–Crippen LogP) is 1.09. The molecule has 0 aromatic heterocycles. The zero-order valence-electron chi connectivity index (χ0n) is 11.8. The topological polar surface area (TPSA) is 102 Å². The molecule has 0 saturated heterocycles. The van der Waals surface area contributed by atoms with Gasteiger partial charge < -0.3 is 10.1 Å². The van der Waals surface area contributed by atoms with Crippen molar-refractivity contribution in [2.75, 3.05) is 13.2 Å². The van der Waals surface area contributed by atoms with Crippen LogP contribution in [0.1, 0.15) is 12.8 Å². The Hall–Kier alpha value is -1.35. The molecule has 0 bridgehead atoms. The summed E-state index contributed by atoms with van der Waals surface area (Å²) in [5.41, 5.74) is 0. The van der Waals surface area contributed by atoms with Gasteiger partial charge in [0, 0.05) is 6.04 Å². The van der Waals surface area contributed by atoms with Crippen LogP contribution in [0, 0.1) is 0 Å². The second-order valence-corrected chi connectivity index (χ2v) is 7.48. The lowest BCUT2D eigenvalue weighted by atomic mass is 10.4. The molecule has 1 aromatic rings. The number of rotatable bonds is 7. The number of carbonyl (C=O) groups is 2. The second-order valence-electron chi connectivity index (χ2n) is 4.90. The molecule has 2 rings (SSSR count). The molecule has 7 nitrogen and oxygen atoms in total. The molecule has 1 aliphatic carbocycles. The number of sulfonamides is 1. The Balaban J connectivity index is 1.81. The monoisotopic (exact) mass is 380 g/mol. The Morgan fingerprint density at radius 1 is 1.22 bits per heavy atom. The highest BCUT2D eigenvalue weighted by Crippen LogP contribution is 2.24. The third-order valence-electron chi connectivity index (χ3n) is 2.91. The van der Waals surface area contributed by atoms with E-state index in [0.717, 1.165) is 12.8 Å². The first-order valence-corrected chi connectivity index (χ1v) is 8.91. The van der Waals surface area contributed by atoms with Gasteiger partial charge in [-0.15, -0.1) is 0 Å². The average Bonchev–Trinajstić information content (AvgIpc) is 3.29. The Morgan fingerprint density at radius 2 is 1.91 bits per heavy atom. The largest absolute Gasteiger partial charge is 0.455 e. The Bertz CT molecular complexity index is 719. The van der Waals surface area contributed by atoms with Gasteiger partial charge in [-0.25, -0.2) is 8.42 Å². The third kappa shape index (κ3) is 5.65. The molecule has 126 valence electrons. The molecule has 1 saturated carbocycles. The van der Waals surface area contributed by atoms with Gasteiger partial charge in [0.05, 0.1) is 14.9 Å². The van der Waals surface area contributed by atoms with Crippen molar-refractivity contribution in [3.8, 4) is 0 Å². The van der Waals surface area contributed by atoms with E-state index in [1.54, 1.807) is 0 Å². The van der Waals surface area contributed by atoms with Gasteiger partial charge in [0.2, 0.25) is 10.0 Å². The van der Waals surface area contributed by atoms with E-state index < -0.39 is 35.1 Å². The van der Waals surface area contributed by atoms with E-state index in [1.165, 1.54) is 18.2 Å². The molecule has 1 fully saturated rings. The number of esters is 1. The van der Waals surface area contributed by atoms with E-state index in [0.29, 0.717) is 0 Å². The molecule has 0 unspecified atom stereocenters. The molecule has 0 aliphatic heterocycles. The van der Waals surface area contributed by atoms with E-state index in [9.17, 15) is 18.0 Å². The van der Waals surface area contributed by atoms with Crippen molar-refractivity contribution in [1.82, 2.24) is 10.0 Å². The second kappa shape index (κ2) is 7.48. The normalized spacial score (nSPS) is 14.3. The van der Waals surface area contributed by atoms with Crippen LogP contribution >= 0.6 is 23.2 Å². The van der Waals surface area contributed by atoms with Gasteiger partial charge >= 0.3 is 5.97 Å². The molecular weight excluding hydrogens is 367 g/mol. The Kier molecular flexibility index (Phi) is 5.85. The summed E-state index contributed by atoms with van der Waals surface area (Å²) in [6.07, 6.45) is 1.84. The molecule has 1 aromatic carbocycles. The highest BCUT2D eigenvalue weighted by atomic mass is 35.5. The summed E-state index contributed by atoms with van der Waals surface area (Å²) in [6.45, 7) is -1.04. The third-order valence-corrected chi connectivity index (χ3v) is 5.05. The average molecular weight is 381 g/mol. The molecule has 0 spiro atoms. The van der Waals surface area contributed by atoms with Gasteiger partial charge in [0.25, 0.3) is 5.91 Å². The van der Waals surface area contributed by atoms with Crippen molar-refractivity contribution in [2.24, 2.45) is 0 Å². The van der Waals surface area contributed by atoms with Gasteiger partial charge in [-0.3, -0.25) is 9.59 Å². The Labute approximate surface area is 143 Å². The summed E-state index contributed by atoms with van der Waals surface area (Å²) >= 11 is 11.5. The summed E-state index contributed by atoms with van der Waals surface area (Å²) in [4.78, 5) is 22.7. The van der Waals surface area contributed by atoms with Gasteiger partial charge in [-0.05, 0) is 31.0 Å². The number of hydrogen-bond donors (Lipinski definition) is 2. The summed E-state index contributed by atoms with van der Waals surface area (Å²) in [5.74, 6) is -1.27. The van der Waals surface area contributed by atoms with Crippen LogP contribution < -0.4 is 10.0 Å². The van der Waals surface area contributed by atoms with Gasteiger partial charge in [0.15, 0.2) is 6.61 Å². The van der Waals surface area contributed by atoms with Crippen molar-refractivity contribution in [3.63, 3.8) is 0 Å². The van der Waals surface area contributed by atoms with Crippen molar-refractivity contribution in [3.05, 3.63) is 28.2 Å². The smallest absolute Gasteiger partial charge is 0.321 e. The first-order valence-electron chi connectivity index (χ1n) is 6.67. The van der Waals surface area contributed by atoms with Gasteiger partial charge in [-0.2, -0.15) is 4.72 Å². The highest BCUT2D eigenvalue weighted by Gasteiger charge is 2.24. The van der Waals surface area contributed by atoms with Crippen LogP contribution in [-0.2, 0) is 24.3 Å². The highest BCUT2D eigenvalue weighted by molar-refractivity contribution is 7.89. The van der Waals surface area contributed by atoms with Crippen LogP contribution in [0.4, 0.5) is 0 Å². The van der Waals surface area contributed by atoms with Crippen molar-refractivity contribution in [2.45, 2.75) is 23.8 Å². The lowest BCUT2D eigenvalue weighted by Crippen LogP contribution is -2.34. The van der Waals surface area contributed by atoms with Crippen LogP contribution in [0.15, 0.2) is 23.1 Å². The SMILES string of the molecule is O=C(COC(=O)CNS(=O)(=O)c1ccc(Cl)c(Cl)c1)NC1CC1. The number of hydrogen-bond acceptors (Lipinski definition) is 5. The molecular formula is C13H14Cl2N2O5S. The first-order chi connectivity index (χ1) is 10.8. The minimum atomic E-state index is -3.94. The number of carbonyl (C=O) groups excluding carboxylic acids is 2. The van der Waals surface area contributed by atoms with E-state index in [2.05, 4.69) is 14.8 Å². The lowest BCUT2D eigenvalue weighted by molar-refractivity contribution is -0.147. The molecule has 0 radical (unpaired) electrons. The van der Waals surface area contributed by atoms with E-state index in [4.69, 9.17) is 23.2 Å². The van der Waals surface area contributed by atoms with E-state index in [-0.39, 0.29) is 21.0 Å². The summed E-state index contributed by atoms with van der Waals surface area (Å²) in [7, 11) is -3.94. The summed E-state index contributed by atoms with van der Waals surface area (Å²) < 4.78 is 30.7. The van der Waals surface area contributed by atoms with Crippen LogP contribution in [-0.4, -0.2) is 39.5 Å². The molecule has 2 N–H and O–H groups in total. The zero-order valence-corrected chi connectivity index (χ0v) is 14.2. The fourth-order valence-electron chi connectivity index (χ4n) is 1.58. The first kappa shape index (κ1) is 18.0. The molecule has 10 heteroatoms. The predicted molar refractivity (Wildman–Crippen MR) is 83.8 cm³/mol. The van der Waals surface area contributed by atoms with Crippen molar-refractivity contribution in [1.29, 1.82) is 0 Å². The van der Waals surface area contributed by atoms with E-state index >= 15 is 0 Å². The zero-order chi connectivity index (χ0) is 17.0. The summed E-state index contributed by atoms with van der Waals surface area (Å²) in [5, 5.41) is 2.93. The molecule has 1 aliphatic rings. The van der Waals surface area contributed by atoms with Gasteiger partial charge in [-0.1, -0.05) is 23.2 Å². The Morgan fingerprint density at radius 3 is 2.52 bits per heavy atom. The number of ether oxygens (including phenoxy) is 1. The van der Waals surface area contributed by atoms with Crippen LogP contribution in [0.25, 0.3) is 0 Å².